The van der Waals surface area contributed by atoms with E-state index in [1.165, 1.54) is 12.8 Å². The average Bonchev–Trinajstić information content (AvgIpc) is 3.39. The number of carbonyl (C=O) groups is 1. The maximum absolute atomic E-state index is 13.0. The molecule has 0 unspecified atom stereocenters. The third-order valence-electron chi connectivity index (χ3n) is 6.87. The molecule has 3 aliphatic rings. The van der Waals surface area contributed by atoms with Crippen molar-refractivity contribution in [2.24, 2.45) is 5.92 Å². The normalized spacial score (nSPS) is 19.9. The van der Waals surface area contributed by atoms with E-state index >= 15 is 0 Å². The van der Waals surface area contributed by atoms with Crippen molar-refractivity contribution in [2.45, 2.75) is 51.6 Å². The van der Waals surface area contributed by atoms with Gasteiger partial charge in [-0.05, 0) is 43.4 Å². The van der Waals surface area contributed by atoms with Gasteiger partial charge in [0.25, 0.3) is 0 Å². The minimum absolute atomic E-state index is 0.0725. The number of hydrogen-bond donors (Lipinski definition) is 1. The van der Waals surface area contributed by atoms with Crippen LogP contribution in [0.2, 0.25) is 0 Å². The van der Waals surface area contributed by atoms with Crippen LogP contribution in [-0.2, 0) is 24.3 Å². The largest absolute Gasteiger partial charge is 0.454 e. The summed E-state index contributed by atoms with van der Waals surface area (Å²) in [5.41, 5.74) is 2.79. The fourth-order valence-electron chi connectivity index (χ4n) is 5.12. The van der Waals surface area contributed by atoms with E-state index in [1.807, 2.05) is 18.2 Å². The molecule has 0 aliphatic carbocycles. The summed E-state index contributed by atoms with van der Waals surface area (Å²) in [5, 5.41) is 3.10. The van der Waals surface area contributed by atoms with Crippen LogP contribution in [-0.4, -0.2) is 45.3 Å². The van der Waals surface area contributed by atoms with Gasteiger partial charge in [-0.1, -0.05) is 12.5 Å². The molecule has 9 nitrogen and oxygen atoms in total. The second kappa shape index (κ2) is 8.53. The zero-order valence-corrected chi connectivity index (χ0v) is 18.6. The molecule has 1 saturated heterocycles. The minimum Gasteiger partial charge on any atom is -0.454 e. The van der Waals surface area contributed by atoms with Gasteiger partial charge >= 0.3 is 0 Å². The van der Waals surface area contributed by atoms with Crippen molar-refractivity contribution in [1.29, 1.82) is 0 Å². The zero-order valence-electron chi connectivity index (χ0n) is 18.6. The third kappa shape index (κ3) is 3.85. The van der Waals surface area contributed by atoms with Gasteiger partial charge in [-0.15, -0.1) is 0 Å². The lowest BCUT2D eigenvalue weighted by atomic mass is 9.97. The predicted octanol–water partition coefficient (Wildman–Crippen LogP) is 2.81. The van der Waals surface area contributed by atoms with Crippen LogP contribution in [0.15, 0.2) is 24.5 Å². The molecule has 0 saturated carbocycles. The quantitative estimate of drug-likeness (QED) is 0.656. The van der Waals surface area contributed by atoms with E-state index in [4.69, 9.17) is 14.5 Å². The molecule has 5 heterocycles. The lowest BCUT2D eigenvalue weighted by molar-refractivity contribution is -0.125. The van der Waals surface area contributed by atoms with Crippen molar-refractivity contribution < 1.29 is 14.3 Å². The number of anilines is 1. The molecule has 1 amide bonds. The van der Waals surface area contributed by atoms with Crippen molar-refractivity contribution in [1.82, 2.24) is 24.8 Å². The number of rotatable bonds is 4. The van der Waals surface area contributed by atoms with Gasteiger partial charge in [-0.25, -0.2) is 15.0 Å². The first-order valence-electron chi connectivity index (χ1n) is 11.9. The van der Waals surface area contributed by atoms with Crippen molar-refractivity contribution in [3.05, 3.63) is 35.9 Å². The minimum atomic E-state index is -0.0850. The third-order valence-corrected chi connectivity index (χ3v) is 6.87. The number of amides is 1. The highest BCUT2D eigenvalue weighted by Crippen LogP contribution is 2.33. The topological polar surface area (TPSA) is 94.4 Å². The van der Waals surface area contributed by atoms with Crippen LogP contribution < -0.4 is 19.7 Å². The highest BCUT2D eigenvalue weighted by Gasteiger charge is 2.29. The molecule has 172 valence electrons. The smallest absolute Gasteiger partial charge is 0.231 e. The molecule has 3 aromatic rings. The van der Waals surface area contributed by atoms with Crippen molar-refractivity contribution >= 4 is 22.9 Å². The van der Waals surface area contributed by atoms with Crippen LogP contribution >= 0.6 is 0 Å². The Bertz CT molecular complexity index is 1190. The molecule has 0 bridgehead atoms. The number of carbonyl (C=O) groups excluding carboxylic acids is 1. The summed E-state index contributed by atoms with van der Waals surface area (Å²) in [6, 6.07) is 5.77. The lowest BCUT2D eigenvalue weighted by Crippen LogP contribution is -2.43. The maximum Gasteiger partial charge on any atom is 0.231 e. The fraction of sp³-hybridized carbons (Fsp3) is 0.500. The average molecular weight is 449 g/mol. The van der Waals surface area contributed by atoms with E-state index in [-0.39, 0.29) is 18.6 Å². The Labute approximate surface area is 192 Å². The second-order valence-corrected chi connectivity index (χ2v) is 9.05. The number of benzene rings is 1. The Morgan fingerprint density at radius 3 is 3.00 bits per heavy atom. The van der Waals surface area contributed by atoms with Crippen molar-refractivity contribution in [3.8, 4) is 11.5 Å². The van der Waals surface area contributed by atoms with Gasteiger partial charge in [0, 0.05) is 32.6 Å². The second-order valence-electron chi connectivity index (χ2n) is 9.05. The van der Waals surface area contributed by atoms with Gasteiger partial charge in [0.15, 0.2) is 28.5 Å². The first-order chi connectivity index (χ1) is 16.3. The number of fused-ring (bicyclic) bond motifs is 4. The molecular weight excluding hydrogens is 420 g/mol. The number of aromatic nitrogens is 4. The highest BCUT2D eigenvalue weighted by atomic mass is 16.7. The summed E-state index contributed by atoms with van der Waals surface area (Å²) in [7, 11) is 0. The fourth-order valence-corrected chi connectivity index (χ4v) is 5.12. The summed E-state index contributed by atoms with van der Waals surface area (Å²) in [4.78, 5) is 29.3. The molecule has 1 aromatic carbocycles. The van der Waals surface area contributed by atoms with Crippen molar-refractivity contribution in [2.75, 3.05) is 24.8 Å². The van der Waals surface area contributed by atoms with Crippen molar-refractivity contribution in [3.63, 3.8) is 0 Å². The number of nitrogens with zero attached hydrogens (tertiary/aromatic N) is 5. The maximum atomic E-state index is 13.0. The van der Waals surface area contributed by atoms with Gasteiger partial charge in [0.1, 0.15) is 12.2 Å². The number of ether oxygens (including phenoxy) is 2. The Kier molecular flexibility index (Phi) is 5.24. The molecule has 33 heavy (non-hydrogen) atoms. The van der Waals surface area contributed by atoms with Crippen LogP contribution in [0.1, 0.15) is 43.5 Å². The number of hydrogen-bond acceptors (Lipinski definition) is 7. The Hall–Kier alpha value is -3.36. The predicted molar refractivity (Wildman–Crippen MR) is 122 cm³/mol. The molecule has 3 aliphatic heterocycles. The molecule has 0 spiro atoms. The number of aryl methyl sites for hydroxylation is 2. The van der Waals surface area contributed by atoms with Gasteiger partial charge in [0.05, 0.1) is 5.92 Å². The molecule has 1 atom stereocenters. The van der Waals surface area contributed by atoms with E-state index in [0.717, 1.165) is 78.6 Å². The van der Waals surface area contributed by atoms with Gasteiger partial charge in [-0.2, -0.15) is 0 Å². The molecule has 6 rings (SSSR count). The zero-order chi connectivity index (χ0) is 22.2. The van der Waals surface area contributed by atoms with Gasteiger partial charge in [0.2, 0.25) is 12.7 Å². The first kappa shape index (κ1) is 20.3. The lowest BCUT2D eigenvalue weighted by Gasteiger charge is -2.32. The molecule has 9 heteroatoms. The SMILES string of the molecule is O=C(NCc1ccc2c(c1)OCO2)[C@@H]1CCCN(c2ncnc3c2nc2n3CCCCC2)C1. The number of nitrogens with one attached hydrogen (secondary N) is 1. The Morgan fingerprint density at radius 1 is 1.09 bits per heavy atom. The molecule has 2 aromatic heterocycles. The van der Waals surface area contributed by atoms with Crippen LogP contribution in [0, 0.1) is 5.92 Å². The van der Waals surface area contributed by atoms with Crippen LogP contribution in [0.4, 0.5) is 5.82 Å². The molecule has 1 fully saturated rings. The Morgan fingerprint density at radius 2 is 2.03 bits per heavy atom. The molecule has 0 radical (unpaired) electrons. The summed E-state index contributed by atoms with van der Waals surface area (Å²) < 4.78 is 13.1. The summed E-state index contributed by atoms with van der Waals surface area (Å²) >= 11 is 0. The molecular formula is C24H28N6O3. The number of piperidine rings is 1. The summed E-state index contributed by atoms with van der Waals surface area (Å²) in [6.45, 7) is 3.20. The summed E-state index contributed by atoms with van der Waals surface area (Å²) in [5.74, 6) is 3.44. The van der Waals surface area contributed by atoms with Gasteiger partial charge in [-0.3, -0.25) is 4.79 Å². The van der Waals surface area contributed by atoms with E-state index in [9.17, 15) is 4.79 Å². The first-order valence-corrected chi connectivity index (χ1v) is 11.9. The number of imidazole rings is 1. The van der Waals surface area contributed by atoms with E-state index < -0.39 is 0 Å². The van der Waals surface area contributed by atoms with E-state index in [1.54, 1.807) is 6.33 Å². The van der Waals surface area contributed by atoms with Gasteiger partial charge < -0.3 is 24.3 Å². The monoisotopic (exact) mass is 448 g/mol. The van der Waals surface area contributed by atoms with Crippen LogP contribution in [0.3, 0.4) is 0 Å². The Balaban J connectivity index is 1.16. The van der Waals surface area contributed by atoms with Crippen LogP contribution in [0.5, 0.6) is 11.5 Å². The summed E-state index contributed by atoms with van der Waals surface area (Å²) in [6.07, 6.45) is 8.01. The van der Waals surface area contributed by atoms with E-state index in [2.05, 4.69) is 24.8 Å². The highest BCUT2D eigenvalue weighted by molar-refractivity contribution is 5.85. The van der Waals surface area contributed by atoms with E-state index in [0.29, 0.717) is 13.1 Å². The van der Waals surface area contributed by atoms with Crippen LogP contribution in [0.25, 0.3) is 11.2 Å². The standard InChI is InChI=1S/C24H28N6O3/c31-24(25-12-16-7-8-18-19(11-16)33-15-32-18)17-5-4-9-29(13-17)22-21-23(27-14-26-22)30-10-3-1-2-6-20(30)28-21/h7-8,11,14,17H,1-6,9-10,12-13,15H2,(H,25,31)/t17-/m1/s1. The molecule has 1 N–H and O–H groups in total.